The topological polar surface area (TPSA) is 84.9 Å². The fraction of sp³-hybridized carbons (Fsp3) is 0.174. The van der Waals surface area contributed by atoms with Crippen molar-refractivity contribution in [1.29, 1.82) is 0 Å². The lowest BCUT2D eigenvalue weighted by Gasteiger charge is -2.26. The van der Waals surface area contributed by atoms with Crippen molar-refractivity contribution in [2.75, 3.05) is 30.4 Å². The Bertz CT molecular complexity index is 1200. The first-order valence-electron chi connectivity index (χ1n) is 9.61. The van der Waals surface area contributed by atoms with Gasteiger partial charge in [-0.1, -0.05) is 33.6 Å². The molecule has 3 aromatic rings. The minimum absolute atomic E-state index is 0.0670. The molecule has 0 aliphatic rings. The third-order valence-corrected chi connectivity index (χ3v) is 6.98. The summed E-state index contributed by atoms with van der Waals surface area (Å²) in [6.07, 6.45) is 0. The van der Waals surface area contributed by atoms with Crippen LogP contribution in [0.1, 0.15) is 5.56 Å². The molecule has 0 spiro atoms. The zero-order valence-corrected chi connectivity index (χ0v) is 20.2. The lowest BCUT2D eigenvalue weighted by atomic mass is 10.2. The highest BCUT2D eigenvalue weighted by Gasteiger charge is 2.29. The number of nitrogens with one attached hydrogen (secondary N) is 1. The number of hydrogen-bond donors (Lipinski definition) is 1. The molecule has 0 aromatic heterocycles. The number of aryl methyl sites for hydroxylation is 1. The second kappa shape index (κ2) is 10.1. The van der Waals surface area contributed by atoms with Crippen molar-refractivity contribution >= 4 is 43.2 Å². The van der Waals surface area contributed by atoms with E-state index >= 15 is 0 Å². The summed E-state index contributed by atoms with van der Waals surface area (Å²) >= 11 is 3.34. The van der Waals surface area contributed by atoms with Gasteiger partial charge in [-0.25, -0.2) is 8.42 Å². The lowest BCUT2D eigenvalue weighted by Crippen LogP contribution is -2.38. The highest BCUT2D eigenvalue weighted by atomic mass is 79.9. The number of nitrogens with zero attached hydrogens (tertiary/aromatic N) is 1. The summed E-state index contributed by atoms with van der Waals surface area (Å²) in [5.74, 6) is 0.259. The highest BCUT2D eigenvalue weighted by Crippen LogP contribution is 2.35. The maximum Gasteiger partial charge on any atom is 0.264 e. The normalized spacial score (nSPS) is 11.0. The number of amides is 1. The molecule has 0 heterocycles. The Balaban J connectivity index is 2.02. The largest absolute Gasteiger partial charge is 0.497 e. The molecule has 168 valence electrons. The van der Waals surface area contributed by atoms with Crippen LogP contribution in [0.4, 0.5) is 11.4 Å². The van der Waals surface area contributed by atoms with E-state index in [0.717, 1.165) is 14.3 Å². The van der Waals surface area contributed by atoms with E-state index in [9.17, 15) is 13.2 Å². The van der Waals surface area contributed by atoms with Crippen LogP contribution in [-0.4, -0.2) is 35.1 Å². The molecule has 7 nitrogen and oxygen atoms in total. The van der Waals surface area contributed by atoms with E-state index in [1.807, 2.05) is 6.92 Å². The van der Waals surface area contributed by atoms with Gasteiger partial charge in [0.05, 0.1) is 24.8 Å². The zero-order valence-electron chi connectivity index (χ0n) is 17.8. The molecule has 1 N–H and O–H groups in total. The summed E-state index contributed by atoms with van der Waals surface area (Å²) in [6.45, 7) is 1.42. The maximum absolute atomic E-state index is 13.6. The first kappa shape index (κ1) is 23.6. The first-order chi connectivity index (χ1) is 15.2. The van der Waals surface area contributed by atoms with E-state index in [0.29, 0.717) is 11.4 Å². The van der Waals surface area contributed by atoms with Crippen LogP contribution < -0.4 is 19.1 Å². The van der Waals surface area contributed by atoms with Crippen LogP contribution in [0.2, 0.25) is 0 Å². The predicted molar refractivity (Wildman–Crippen MR) is 128 cm³/mol. The van der Waals surface area contributed by atoms with E-state index in [1.165, 1.54) is 26.4 Å². The summed E-state index contributed by atoms with van der Waals surface area (Å²) in [6, 6.07) is 18.2. The average molecular weight is 519 g/mol. The molecule has 0 bridgehead atoms. The number of rotatable bonds is 8. The highest BCUT2D eigenvalue weighted by molar-refractivity contribution is 9.10. The maximum atomic E-state index is 13.6. The van der Waals surface area contributed by atoms with Gasteiger partial charge in [0.2, 0.25) is 5.91 Å². The monoisotopic (exact) mass is 518 g/mol. The van der Waals surface area contributed by atoms with Gasteiger partial charge in [-0.05, 0) is 55.5 Å². The van der Waals surface area contributed by atoms with Gasteiger partial charge in [0.1, 0.15) is 18.0 Å². The molecule has 1 amide bonds. The van der Waals surface area contributed by atoms with E-state index in [1.54, 1.807) is 54.6 Å². The molecule has 0 saturated carbocycles. The molecule has 0 aliphatic heterocycles. The third-order valence-electron chi connectivity index (χ3n) is 4.68. The summed E-state index contributed by atoms with van der Waals surface area (Å²) in [7, 11) is -1.14. The molecule has 0 atom stereocenters. The Kier molecular flexibility index (Phi) is 7.42. The van der Waals surface area contributed by atoms with Crippen LogP contribution in [0.25, 0.3) is 0 Å². The summed E-state index contributed by atoms with van der Waals surface area (Å²) in [4.78, 5) is 12.9. The van der Waals surface area contributed by atoms with Crippen LogP contribution in [0.15, 0.2) is 76.1 Å². The first-order valence-corrected chi connectivity index (χ1v) is 11.8. The van der Waals surface area contributed by atoms with Gasteiger partial charge in [0, 0.05) is 16.2 Å². The van der Waals surface area contributed by atoms with Gasteiger partial charge >= 0.3 is 0 Å². The van der Waals surface area contributed by atoms with Crippen molar-refractivity contribution in [2.45, 2.75) is 11.8 Å². The van der Waals surface area contributed by atoms with Crippen LogP contribution >= 0.6 is 15.9 Å². The quantitative estimate of drug-likeness (QED) is 0.470. The number of carbonyl (C=O) groups is 1. The van der Waals surface area contributed by atoms with Gasteiger partial charge in [-0.2, -0.15) is 0 Å². The number of benzene rings is 3. The smallest absolute Gasteiger partial charge is 0.264 e. The standard InChI is InChI=1S/C23H23BrN2O5S/c1-16-4-11-20(12-5-16)32(28,29)26(21-13-10-19(30-2)14-22(21)31-3)15-23(27)25-18-8-6-17(24)7-9-18/h4-14H,15H2,1-3H3,(H,25,27). The van der Waals surface area contributed by atoms with Gasteiger partial charge < -0.3 is 14.8 Å². The molecule has 32 heavy (non-hydrogen) atoms. The van der Waals surface area contributed by atoms with Crippen molar-refractivity contribution < 1.29 is 22.7 Å². The average Bonchev–Trinajstić information content (AvgIpc) is 2.79. The molecule has 3 aromatic carbocycles. The molecule has 0 fully saturated rings. The Morgan fingerprint density at radius 1 is 0.969 bits per heavy atom. The summed E-state index contributed by atoms with van der Waals surface area (Å²) in [5, 5.41) is 2.73. The zero-order chi connectivity index (χ0) is 23.3. The van der Waals surface area contributed by atoms with Crippen LogP contribution in [-0.2, 0) is 14.8 Å². The Labute approximate surface area is 196 Å². The van der Waals surface area contributed by atoms with Crippen LogP contribution in [0, 0.1) is 6.92 Å². The molecular formula is C23H23BrN2O5S. The molecule has 0 radical (unpaired) electrons. The number of methoxy groups -OCH3 is 2. The molecule has 0 aliphatic carbocycles. The number of ether oxygens (including phenoxy) is 2. The van der Waals surface area contributed by atoms with E-state index in [-0.39, 0.29) is 16.3 Å². The second-order valence-electron chi connectivity index (χ2n) is 6.92. The second-order valence-corrected chi connectivity index (χ2v) is 9.70. The van der Waals surface area contributed by atoms with E-state index in [4.69, 9.17) is 9.47 Å². The van der Waals surface area contributed by atoms with Crippen LogP contribution in [0.5, 0.6) is 11.5 Å². The lowest BCUT2D eigenvalue weighted by molar-refractivity contribution is -0.114. The molecule has 9 heteroatoms. The van der Waals surface area contributed by atoms with Gasteiger partial charge in [-0.15, -0.1) is 0 Å². The number of carbonyl (C=O) groups excluding carboxylic acids is 1. The van der Waals surface area contributed by atoms with E-state index < -0.39 is 22.5 Å². The Morgan fingerprint density at radius 3 is 2.22 bits per heavy atom. The minimum Gasteiger partial charge on any atom is -0.497 e. The van der Waals surface area contributed by atoms with Crippen molar-refractivity contribution in [3.8, 4) is 11.5 Å². The number of halogens is 1. The Morgan fingerprint density at radius 2 is 1.62 bits per heavy atom. The predicted octanol–water partition coefficient (Wildman–Crippen LogP) is 4.61. The fourth-order valence-electron chi connectivity index (χ4n) is 2.99. The molecule has 0 saturated heterocycles. The SMILES string of the molecule is COc1ccc(N(CC(=O)Nc2ccc(Br)cc2)S(=O)(=O)c2ccc(C)cc2)c(OC)c1. The van der Waals surface area contributed by atoms with Gasteiger partial charge in [0.15, 0.2) is 0 Å². The number of sulfonamides is 1. The van der Waals surface area contributed by atoms with Crippen LogP contribution in [0.3, 0.4) is 0 Å². The fourth-order valence-corrected chi connectivity index (χ4v) is 4.69. The van der Waals surface area contributed by atoms with E-state index in [2.05, 4.69) is 21.2 Å². The number of hydrogen-bond acceptors (Lipinski definition) is 5. The van der Waals surface area contributed by atoms with Crippen molar-refractivity contribution in [1.82, 2.24) is 0 Å². The van der Waals surface area contributed by atoms with Crippen molar-refractivity contribution in [3.63, 3.8) is 0 Å². The molecular weight excluding hydrogens is 496 g/mol. The number of anilines is 2. The Hall–Kier alpha value is -3.04. The molecule has 0 unspecified atom stereocenters. The third kappa shape index (κ3) is 5.41. The summed E-state index contributed by atoms with van der Waals surface area (Å²) < 4.78 is 39.6. The molecule has 3 rings (SSSR count). The van der Waals surface area contributed by atoms with Gasteiger partial charge in [0.25, 0.3) is 10.0 Å². The van der Waals surface area contributed by atoms with Crippen molar-refractivity contribution in [3.05, 3.63) is 76.8 Å². The van der Waals surface area contributed by atoms with Crippen molar-refractivity contribution in [2.24, 2.45) is 0 Å². The summed E-state index contributed by atoms with van der Waals surface area (Å²) in [5.41, 5.74) is 1.69. The van der Waals surface area contributed by atoms with Gasteiger partial charge in [-0.3, -0.25) is 9.10 Å². The minimum atomic E-state index is -4.07.